The first-order chi connectivity index (χ1) is 19.0. The quantitative estimate of drug-likeness (QED) is 0.247. The van der Waals surface area contributed by atoms with Gasteiger partial charge in [0.15, 0.2) is 5.65 Å². The van der Waals surface area contributed by atoms with Crippen LogP contribution in [0.3, 0.4) is 0 Å². The molecule has 0 atom stereocenters. The first-order valence-electron chi connectivity index (χ1n) is 11.9. The lowest BCUT2D eigenvalue weighted by atomic mass is 10.1. The average molecular weight is 598 g/mol. The Labute approximate surface area is 231 Å². The molecule has 0 saturated carbocycles. The molecule has 2 aromatic carbocycles. The van der Waals surface area contributed by atoms with Gasteiger partial charge in [-0.1, -0.05) is 18.2 Å². The van der Waals surface area contributed by atoms with E-state index in [2.05, 4.69) is 20.1 Å². The van der Waals surface area contributed by atoms with Gasteiger partial charge in [-0.3, -0.25) is 4.79 Å². The number of alkyl halides is 5. The van der Waals surface area contributed by atoms with Crippen molar-refractivity contribution in [2.24, 2.45) is 0 Å². The van der Waals surface area contributed by atoms with Gasteiger partial charge in [-0.25, -0.2) is 31.4 Å². The van der Waals surface area contributed by atoms with Crippen molar-refractivity contribution < 1.29 is 40.3 Å². The first kappa shape index (κ1) is 30.0. The number of aliphatic hydroxyl groups is 1. The Balaban J connectivity index is 1.73. The van der Waals surface area contributed by atoms with Gasteiger partial charge in [0, 0.05) is 11.3 Å². The lowest BCUT2D eigenvalue weighted by Crippen LogP contribution is -2.46. The minimum Gasteiger partial charge on any atom is -0.394 e. The predicted molar refractivity (Wildman–Crippen MR) is 139 cm³/mol. The topological polar surface area (TPSA) is 126 Å². The minimum absolute atomic E-state index is 0.0898. The van der Waals surface area contributed by atoms with Gasteiger partial charge in [0.2, 0.25) is 10.0 Å². The number of carbonyl (C=O) groups is 1. The summed E-state index contributed by atoms with van der Waals surface area (Å²) in [4.78, 5) is 17.3. The number of aliphatic hydroxyl groups excluding tert-OH is 1. The van der Waals surface area contributed by atoms with E-state index in [0.717, 1.165) is 41.0 Å². The van der Waals surface area contributed by atoms with Crippen LogP contribution in [0.5, 0.6) is 0 Å². The zero-order chi connectivity index (χ0) is 30.3. The Bertz CT molecular complexity index is 1720. The summed E-state index contributed by atoms with van der Waals surface area (Å²) >= 11 is 0. The number of carbonyl (C=O) groups excluding carboxylic acids is 1. The molecule has 218 valence electrons. The first-order valence-corrected chi connectivity index (χ1v) is 13.4. The van der Waals surface area contributed by atoms with E-state index in [1.54, 1.807) is 6.92 Å². The number of aromatic nitrogens is 3. The summed E-state index contributed by atoms with van der Waals surface area (Å²) in [6.07, 6.45) is -6.66. The van der Waals surface area contributed by atoms with E-state index < -0.39 is 51.9 Å². The number of nitrogens with zero attached hydrogens (tertiary/aromatic N) is 3. The van der Waals surface area contributed by atoms with Crippen molar-refractivity contribution in [1.82, 2.24) is 19.3 Å². The smallest absolute Gasteiger partial charge is 0.394 e. The number of hydrogen-bond acceptors (Lipinski definition) is 6. The molecule has 0 saturated heterocycles. The Morgan fingerprint density at radius 3 is 2.32 bits per heavy atom. The number of hydrogen-bond donors (Lipinski definition) is 3. The van der Waals surface area contributed by atoms with Crippen molar-refractivity contribution >= 4 is 27.3 Å². The summed E-state index contributed by atoms with van der Waals surface area (Å²) in [5.41, 5.74) is -2.73. The third kappa shape index (κ3) is 6.36. The number of anilines is 1. The average Bonchev–Trinajstić information content (AvgIpc) is 3.32. The fraction of sp³-hybridized carbons (Fsp3) is 0.269. The fourth-order valence-corrected chi connectivity index (χ4v) is 5.26. The molecular formula is C26H24F5N5O4S. The molecule has 2 heterocycles. The number of aryl methyl sites for hydroxylation is 1. The van der Waals surface area contributed by atoms with Crippen LogP contribution >= 0.6 is 0 Å². The second-order valence-corrected chi connectivity index (χ2v) is 11.5. The Morgan fingerprint density at radius 1 is 1.07 bits per heavy atom. The molecule has 0 aliphatic heterocycles. The van der Waals surface area contributed by atoms with Gasteiger partial charge in [0.1, 0.15) is 11.3 Å². The molecule has 0 fully saturated rings. The number of benzene rings is 2. The van der Waals surface area contributed by atoms with E-state index >= 15 is 0 Å². The van der Waals surface area contributed by atoms with Crippen molar-refractivity contribution in [3.05, 3.63) is 77.1 Å². The molecule has 9 nitrogen and oxygen atoms in total. The van der Waals surface area contributed by atoms with Gasteiger partial charge in [-0.05, 0) is 56.7 Å². The fourth-order valence-electron chi connectivity index (χ4n) is 3.83. The van der Waals surface area contributed by atoms with Crippen LogP contribution in [-0.2, 0) is 16.2 Å². The monoisotopic (exact) mass is 597 g/mol. The van der Waals surface area contributed by atoms with Gasteiger partial charge in [-0.2, -0.15) is 18.3 Å². The van der Waals surface area contributed by atoms with Crippen LogP contribution in [0, 0.1) is 6.92 Å². The minimum atomic E-state index is -4.60. The SMILES string of the molecule is Cc1ccc(S(=O)(=O)NC(C)(C)CO)cc1NC(=O)c1cnn2c(C(F)F)cc(-c3ccc(C(F)(F)F)cc3)nc12. The van der Waals surface area contributed by atoms with Crippen molar-refractivity contribution in [2.45, 2.75) is 43.8 Å². The third-order valence-corrected chi connectivity index (χ3v) is 7.74. The number of nitrogens with one attached hydrogen (secondary N) is 2. The van der Waals surface area contributed by atoms with Gasteiger partial charge in [-0.15, -0.1) is 0 Å². The highest BCUT2D eigenvalue weighted by atomic mass is 32.2. The molecule has 15 heteroatoms. The zero-order valence-corrected chi connectivity index (χ0v) is 22.6. The van der Waals surface area contributed by atoms with E-state index in [1.165, 1.54) is 32.0 Å². The lowest BCUT2D eigenvalue weighted by Gasteiger charge is -2.23. The van der Waals surface area contributed by atoms with Crippen molar-refractivity contribution in [3.8, 4) is 11.3 Å². The second-order valence-electron chi connectivity index (χ2n) is 9.81. The van der Waals surface area contributed by atoms with Crippen LogP contribution in [0.4, 0.5) is 27.6 Å². The molecule has 0 aliphatic rings. The van der Waals surface area contributed by atoms with E-state index in [9.17, 15) is 40.3 Å². The maximum Gasteiger partial charge on any atom is 0.416 e. The largest absolute Gasteiger partial charge is 0.416 e. The van der Waals surface area contributed by atoms with Crippen molar-refractivity contribution in [3.63, 3.8) is 0 Å². The normalized spacial score (nSPS) is 12.7. The standard InChI is InChI=1S/C26H24F5N5O4S/c1-14-4-9-17(41(39,40)35-25(2,3)13-37)10-19(14)34-24(38)18-12-32-36-21(22(27)28)11-20(33-23(18)36)15-5-7-16(8-6-15)26(29,30)31/h4-12,22,35,37H,13H2,1-3H3,(H,34,38). The highest BCUT2D eigenvalue weighted by Gasteiger charge is 2.30. The molecule has 3 N–H and O–H groups in total. The van der Waals surface area contributed by atoms with Crippen LogP contribution < -0.4 is 10.0 Å². The van der Waals surface area contributed by atoms with Crippen LogP contribution in [0.2, 0.25) is 0 Å². The van der Waals surface area contributed by atoms with Gasteiger partial charge in [0.05, 0.1) is 34.5 Å². The van der Waals surface area contributed by atoms with Crippen molar-refractivity contribution in [2.75, 3.05) is 11.9 Å². The highest BCUT2D eigenvalue weighted by molar-refractivity contribution is 7.89. The Hall–Kier alpha value is -3.95. The third-order valence-electron chi connectivity index (χ3n) is 6.05. The summed E-state index contributed by atoms with van der Waals surface area (Å²) in [6, 6.07) is 8.64. The molecule has 0 bridgehead atoms. The lowest BCUT2D eigenvalue weighted by molar-refractivity contribution is -0.137. The molecule has 4 rings (SSSR count). The van der Waals surface area contributed by atoms with Gasteiger partial charge in [0.25, 0.3) is 12.3 Å². The highest BCUT2D eigenvalue weighted by Crippen LogP contribution is 2.32. The number of fused-ring (bicyclic) bond motifs is 1. The summed E-state index contributed by atoms with van der Waals surface area (Å²) in [5.74, 6) is -0.849. The van der Waals surface area contributed by atoms with Crippen LogP contribution in [0.15, 0.2) is 59.6 Å². The number of amides is 1. The van der Waals surface area contributed by atoms with E-state index in [1.807, 2.05) is 0 Å². The second kappa shape index (κ2) is 10.8. The number of sulfonamides is 1. The maximum absolute atomic E-state index is 13.9. The molecule has 0 spiro atoms. The molecule has 0 unspecified atom stereocenters. The summed E-state index contributed by atoms with van der Waals surface area (Å²) in [7, 11) is -4.10. The molecule has 2 aromatic heterocycles. The van der Waals surface area contributed by atoms with Gasteiger partial charge < -0.3 is 10.4 Å². The molecule has 1 amide bonds. The van der Waals surface area contributed by atoms with Crippen LogP contribution in [-0.4, -0.2) is 46.2 Å². The van der Waals surface area contributed by atoms with E-state index in [-0.39, 0.29) is 33.1 Å². The molecule has 4 aromatic rings. The maximum atomic E-state index is 13.9. The predicted octanol–water partition coefficient (Wildman–Crippen LogP) is 4.96. The zero-order valence-electron chi connectivity index (χ0n) is 21.8. The van der Waals surface area contributed by atoms with Crippen LogP contribution in [0.1, 0.15) is 47.5 Å². The summed E-state index contributed by atoms with van der Waals surface area (Å²) in [5, 5.41) is 15.8. The van der Waals surface area contributed by atoms with Crippen molar-refractivity contribution in [1.29, 1.82) is 0 Å². The van der Waals surface area contributed by atoms with Gasteiger partial charge >= 0.3 is 6.18 Å². The van der Waals surface area contributed by atoms with E-state index in [4.69, 9.17) is 0 Å². The molecule has 41 heavy (non-hydrogen) atoms. The molecule has 0 radical (unpaired) electrons. The van der Waals surface area contributed by atoms with E-state index in [0.29, 0.717) is 5.56 Å². The summed E-state index contributed by atoms with van der Waals surface area (Å²) in [6.45, 7) is 4.08. The number of rotatable bonds is 8. The number of halogens is 5. The Morgan fingerprint density at radius 2 is 1.73 bits per heavy atom. The molecule has 0 aliphatic carbocycles. The Kier molecular flexibility index (Phi) is 7.90. The van der Waals surface area contributed by atoms with Crippen LogP contribution in [0.25, 0.3) is 16.9 Å². The summed E-state index contributed by atoms with van der Waals surface area (Å²) < 4.78 is 95.5. The molecular weight excluding hydrogens is 573 g/mol.